The molecule has 0 radical (unpaired) electrons. The van der Waals surface area contributed by atoms with Crippen LogP contribution < -0.4 is 5.73 Å². The lowest BCUT2D eigenvalue weighted by atomic mass is 9.88. The number of anilines is 1. The van der Waals surface area contributed by atoms with Gasteiger partial charge in [0.05, 0.1) is 42.6 Å². The summed E-state index contributed by atoms with van der Waals surface area (Å²) >= 11 is 0. The zero-order valence-corrected chi connectivity index (χ0v) is 32.4. The van der Waals surface area contributed by atoms with E-state index in [4.69, 9.17) is 42.6 Å². The first-order chi connectivity index (χ1) is 40.7. The molecule has 1 aliphatic rings. The molecular weight excluding hydrogens is 767 g/mol. The van der Waals surface area contributed by atoms with Crippen LogP contribution in [-0.4, -0.2) is 19.5 Å². The molecule has 5 heteroatoms. The van der Waals surface area contributed by atoms with E-state index in [2.05, 4.69) is 0 Å². The maximum Gasteiger partial charge on any atom is 0.164 e. The molecule has 0 amide bonds. The Morgan fingerprint density at radius 2 is 1.06 bits per heavy atom. The molecule has 2 aromatic heterocycles. The number of nitrogens with zero attached hydrogens (tertiary/aromatic N) is 4. The van der Waals surface area contributed by atoms with E-state index in [0.717, 1.165) is 26.8 Å². The number of fused-ring (bicyclic) bond motifs is 6. The summed E-state index contributed by atoms with van der Waals surface area (Å²) in [6, 6.07) is 5.97. The Balaban J connectivity index is 1.22. The Bertz CT molecular complexity index is 4820. The third kappa shape index (κ3) is 6.29. The Morgan fingerprint density at radius 3 is 1.86 bits per heavy atom. The SMILES string of the molecule is [2H]c1c([2H])c([2H])c(C2c3c([2H])c([2H])c([2H])c([2H])c3-c3c(-c4nc(-c5ccc(-c6cccc(-c7ccccc7)c6)cc5)nc(-c5c([2H])c([2H])c6c7c([2H])c([2H])c([2H])c([2H])c7n(-c7c([2H])c([2H])c([2H])c([2H])c7[2H])c6c5[2H])n4)c([2H])c(N)c([2H])c32)c([2H])c1[2H]. The van der Waals surface area contributed by atoms with E-state index in [-0.39, 0.29) is 33.6 Å². The van der Waals surface area contributed by atoms with E-state index in [9.17, 15) is 9.60 Å². The van der Waals surface area contributed by atoms with E-state index in [0.29, 0.717) is 0 Å². The van der Waals surface area contributed by atoms with Crippen LogP contribution in [0.2, 0.25) is 0 Å². The van der Waals surface area contributed by atoms with Crippen molar-refractivity contribution in [3.8, 4) is 73.2 Å². The lowest BCUT2D eigenvalue weighted by Crippen LogP contribution is -2.03. The van der Waals surface area contributed by atoms with Crippen LogP contribution in [0.25, 0.3) is 95.0 Å². The van der Waals surface area contributed by atoms with Gasteiger partial charge in [-0.05, 0) is 92.4 Å². The molecule has 0 aliphatic heterocycles. The fourth-order valence-corrected chi connectivity index (χ4v) is 8.04. The zero-order valence-electron chi connectivity index (χ0n) is 55.4. The number of nitrogen functional groups attached to an aromatic ring is 1. The molecule has 1 unspecified atom stereocenters. The predicted molar refractivity (Wildman–Crippen MR) is 259 cm³/mol. The van der Waals surface area contributed by atoms with Gasteiger partial charge in [-0.1, -0.05) is 176 Å². The summed E-state index contributed by atoms with van der Waals surface area (Å²) in [6.45, 7) is 0. The van der Waals surface area contributed by atoms with Crippen molar-refractivity contribution in [1.82, 2.24) is 19.5 Å². The fraction of sp³-hybridized carbons (Fsp3) is 0.0172. The van der Waals surface area contributed by atoms with Gasteiger partial charge in [-0.15, -0.1) is 0 Å². The quantitative estimate of drug-likeness (QED) is 0.162. The average Bonchev–Trinajstić information content (AvgIpc) is 1.54. The minimum absolute atomic E-state index is 0.215. The number of rotatable bonds is 7. The van der Waals surface area contributed by atoms with Crippen LogP contribution >= 0.6 is 0 Å². The first-order valence-electron chi connectivity index (χ1n) is 31.0. The van der Waals surface area contributed by atoms with Crippen molar-refractivity contribution in [2.24, 2.45) is 0 Å². The predicted octanol–water partition coefficient (Wildman–Crippen LogP) is 14.0. The molecule has 0 saturated carbocycles. The van der Waals surface area contributed by atoms with Crippen molar-refractivity contribution < 1.29 is 31.5 Å². The Labute approximate surface area is 397 Å². The zero-order chi connectivity index (χ0) is 61.9. The summed E-state index contributed by atoms with van der Waals surface area (Å²) in [4.78, 5) is 14.4. The number of aromatic nitrogens is 4. The van der Waals surface area contributed by atoms with Crippen LogP contribution in [-0.2, 0) is 0 Å². The number of hydrogen-bond acceptors (Lipinski definition) is 4. The van der Waals surface area contributed by atoms with Gasteiger partial charge in [0.2, 0.25) is 0 Å². The molecule has 1 atom stereocenters. The summed E-state index contributed by atoms with van der Waals surface area (Å²) in [6.07, 6.45) is 0. The fourth-order valence-electron chi connectivity index (χ4n) is 8.04. The smallest absolute Gasteiger partial charge is 0.164 e. The van der Waals surface area contributed by atoms with Crippen LogP contribution in [0, 0.1) is 0 Å². The summed E-state index contributed by atoms with van der Waals surface area (Å²) < 4.78 is 209. The second-order valence-electron chi connectivity index (χ2n) is 14.4. The second-order valence-corrected chi connectivity index (χ2v) is 14.4. The molecule has 1 aliphatic carbocycles. The van der Waals surface area contributed by atoms with Gasteiger partial charge in [0, 0.05) is 44.8 Å². The van der Waals surface area contributed by atoms with Crippen molar-refractivity contribution in [3.63, 3.8) is 0 Å². The van der Waals surface area contributed by atoms with Gasteiger partial charge in [0.1, 0.15) is 0 Å². The summed E-state index contributed by atoms with van der Waals surface area (Å²) in [5.41, 5.74) is 5.06. The van der Waals surface area contributed by atoms with Crippen LogP contribution in [0.3, 0.4) is 0 Å². The van der Waals surface area contributed by atoms with E-state index < -0.39 is 206 Å². The van der Waals surface area contributed by atoms with Crippen molar-refractivity contribution in [3.05, 3.63) is 235 Å². The summed E-state index contributed by atoms with van der Waals surface area (Å²) in [5.74, 6) is -3.19. The molecule has 12 rings (SSSR count). The molecule has 2 heterocycles. The minimum Gasteiger partial charge on any atom is -0.399 e. The monoisotopic (exact) mass is 828 g/mol. The largest absolute Gasteiger partial charge is 0.399 e. The highest BCUT2D eigenvalue weighted by atomic mass is 15.0. The summed E-state index contributed by atoms with van der Waals surface area (Å²) in [7, 11) is 0. The van der Waals surface area contributed by atoms with Crippen LogP contribution in [0.15, 0.2) is 218 Å². The number of nitrogens with two attached hydrogens (primary N) is 1. The van der Waals surface area contributed by atoms with E-state index in [1.807, 2.05) is 54.6 Å². The van der Waals surface area contributed by atoms with Crippen LogP contribution in [0.1, 0.15) is 54.1 Å². The van der Waals surface area contributed by atoms with Crippen molar-refractivity contribution in [2.45, 2.75) is 5.92 Å². The second kappa shape index (κ2) is 14.9. The van der Waals surface area contributed by atoms with Gasteiger partial charge >= 0.3 is 0 Å². The van der Waals surface area contributed by atoms with Crippen molar-refractivity contribution in [2.75, 3.05) is 5.73 Å². The molecule has 11 aromatic rings. The Kier molecular flexibility index (Phi) is 4.74. The van der Waals surface area contributed by atoms with Gasteiger partial charge < -0.3 is 10.3 Å². The molecule has 0 fully saturated rings. The molecule has 2 N–H and O–H groups in total. The molecular formula is C58H39N5. The average molecular weight is 829 g/mol. The molecule has 5 nitrogen and oxygen atoms in total. The minimum atomic E-state index is -1.74. The number of hydrogen-bond donors (Lipinski definition) is 1. The maximum atomic E-state index is 10.1. The van der Waals surface area contributed by atoms with Gasteiger partial charge in [-0.25, -0.2) is 15.0 Å². The highest BCUT2D eigenvalue weighted by Gasteiger charge is 2.33. The van der Waals surface area contributed by atoms with E-state index in [1.165, 1.54) is 0 Å². The van der Waals surface area contributed by atoms with Gasteiger partial charge in [0.15, 0.2) is 17.5 Å². The highest BCUT2D eigenvalue weighted by Crippen LogP contribution is 2.52. The van der Waals surface area contributed by atoms with Crippen LogP contribution in [0.4, 0.5) is 5.69 Å². The molecule has 0 bridgehead atoms. The number of para-hydroxylation sites is 2. The first kappa shape index (κ1) is 20.0. The normalized spacial score (nSPS) is 18.1. The topological polar surface area (TPSA) is 69.6 Å². The third-order valence-electron chi connectivity index (χ3n) is 10.8. The van der Waals surface area contributed by atoms with Crippen molar-refractivity contribution >= 4 is 27.5 Å². The van der Waals surface area contributed by atoms with Crippen molar-refractivity contribution in [1.29, 1.82) is 0 Å². The lowest BCUT2D eigenvalue weighted by molar-refractivity contribution is 1.01. The molecule has 9 aromatic carbocycles. The van der Waals surface area contributed by atoms with Gasteiger partial charge in [-0.3, -0.25) is 0 Å². The molecule has 0 saturated heterocycles. The lowest BCUT2D eigenvalue weighted by Gasteiger charge is -2.16. The molecule has 63 heavy (non-hydrogen) atoms. The maximum absolute atomic E-state index is 10.1. The summed E-state index contributed by atoms with van der Waals surface area (Å²) in [5, 5.41) is -0.881. The van der Waals surface area contributed by atoms with E-state index in [1.54, 1.807) is 24.3 Å². The van der Waals surface area contributed by atoms with Gasteiger partial charge in [-0.2, -0.15) is 0 Å². The third-order valence-corrected chi connectivity index (χ3v) is 10.8. The highest BCUT2D eigenvalue weighted by molar-refractivity contribution is 6.10. The Hall–Kier alpha value is -8.41. The molecule has 296 valence electrons. The standard InChI is InChI=1S/C58H39N5/c59-44-35-50-54(39-17-6-2-7-18-39)48-24-10-11-25-49(48)55(50)51(36-44)58-61-56(40-29-27-38(28-30-40)42-20-14-19-41(33-42)37-15-4-1-5-16-37)60-57(62-58)43-31-32-47-46-23-12-13-26-52(46)63(53(47)34-43)45-21-8-3-9-22-45/h1-36,54H,59H2/i2D,3D,6D,7D,8D,9D,10D,11D,12D,13D,17D,18D,21D,22D,23D,24D,25D,26D,31D,32D,34D,35D,36D. The Morgan fingerprint density at radius 1 is 0.444 bits per heavy atom. The number of benzene rings is 9. The van der Waals surface area contributed by atoms with Crippen LogP contribution in [0.5, 0.6) is 0 Å². The van der Waals surface area contributed by atoms with E-state index >= 15 is 0 Å². The molecule has 0 spiro atoms. The first-order valence-corrected chi connectivity index (χ1v) is 19.5. The van der Waals surface area contributed by atoms with Gasteiger partial charge in [0.25, 0.3) is 0 Å².